The van der Waals surface area contributed by atoms with Gasteiger partial charge in [-0.05, 0) is 50.5 Å². The quantitative estimate of drug-likeness (QED) is 0.824. The smallest absolute Gasteiger partial charge is 0.409 e. The first-order chi connectivity index (χ1) is 13.5. The highest BCUT2D eigenvalue weighted by atomic mass is 16.6. The lowest BCUT2D eigenvalue weighted by atomic mass is 10.1. The Morgan fingerprint density at radius 1 is 1.25 bits per heavy atom. The first kappa shape index (κ1) is 19.6. The molecule has 2 N–H and O–H groups in total. The van der Waals surface area contributed by atoms with Crippen molar-refractivity contribution in [2.75, 3.05) is 25.0 Å². The summed E-state index contributed by atoms with van der Waals surface area (Å²) in [5, 5.41) is 6.10. The average molecular weight is 383 g/mol. The van der Waals surface area contributed by atoms with Gasteiger partial charge in [-0.1, -0.05) is 12.1 Å². The molecule has 1 aliphatic heterocycles. The molecule has 0 bridgehead atoms. The number of ether oxygens (including phenoxy) is 1. The van der Waals surface area contributed by atoms with E-state index in [4.69, 9.17) is 4.74 Å². The van der Waals surface area contributed by atoms with Crippen LogP contribution in [0.5, 0.6) is 0 Å². The molecule has 0 aliphatic carbocycles. The van der Waals surface area contributed by atoms with E-state index in [-0.39, 0.29) is 18.0 Å². The van der Waals surface area contributed by atoms with E-state index in [0.29, 0.717) is 44.2 Å². The minimum Gasteiger partial charge on any atom is -0.450 e. The van der Waals surface area contributed by atoms with E-state index in [1.165, 1.54) is 0 Å². The van der Waals surface area contributed by atoms with E-state index in [1.54, 1.807) is 24.1 Å². The summed E-state index contributed by atoms with van der Waals surface area (Å²) in [7, 11) is 0. The van der Waals surface area contributed by atoms with Crippen molar-refractivity contribution in [3.8, 4) is 0 Å². The Hall–Kier alpha value is -3.16. The fourth-order valence-electron chi connectivity index (χ4n) is 3.08. The van der Waals surface area contributed by atoms with Crippen LogP contribution in [0.1, 0.15) is 35.8 Å². The lowest BCUT2D eigenvalue weighted by Gasteiger charge is -2.31. The van der Waals surface area contributed by atoms with Crippen LogP contribution >= 0.6 is 0 Å². The Bertz CT molecular complexity index is 834. The summed E-state index contributed by atoms with van der Waals surface area (Å²) in [6, 6.07) is 9.43. The Kier molecular flexibility index (Phi) is 6.41. The topological polar surface area (TPSA) is 96.5 Å². The number of piperidine rings is 1. The molecule has 0 unspecified atom stereocenters. The average Bonchev–Trinajstić information content (AvgIpc) is 2.69. The standard InChI is InChI=1S/C20H25N5O3/c1-3-28-20(27)25-11-8-15(9-12-25)22-18(26)17-7-10-21-19(24-17)23-16-6-4-5-14(2)13-16/h4-7,10,13,15H,3,8-9,11-12H2,1-2H3,(H,22,26)(H,21,23,24). The highest BCUT2D eigenvalue weighted by Gasteiger charge is 2.25. The van der Waals surface area contributed by atoms with E-state index in [0.717, 1.165) is 11.3 Å². The molecule has 8 heteroatoms. The van der Waals surface area contributed by atoms with Crippen molar-refractivity contribution >= 4 is 23.6 Å². The number of hydrogen-bond acceptors (Lipinski definition) is 6. The van der Waals surface area contributed by atoms with Crippen LogP contribution in [0.4, 0.5) is 16.4 Å². The van der Waals surface area contributed by atoms with Gasteiger partial charge in [0.1, 0.15) is 5.69 Å². The van der Waals surface area contributed by atoms with Crippen LogP contribution in [-0.2, 0) is 4.74 Å². The van der Waals surface area contributed by atoms with Crippen LogP contribution in [0.15, 0.2) is 36.5 Å². The van der Waals surface area contributed by atoms with Gasteiger partial charge in [-0.25, -0.2) is 14.8 Å². The zero-order chi connectivity index (χ0) is 19.9. The number of nitrogens with one attached hydrogen (secondary N) is 2. The van der Waals surface area contributed by atoms with Gasteiger partial charge in [0.2, 0.25) is 5.95 Å². The van der Waals surface area contributed by atoms with E-state index < -0.39 is 0 Å². The van der Waals surface area contributed by atoms with Crippen LogP contribution in [-0.4, -0.2) is 52.6 Å². The van der Waals surface area contributed by atoms with Crippen LogP contribution in [0.2, 0.25) is 0 Å². The molecule has 1 saturated heterocycles. The zero-order valence-electron chi connectivity index (χ0n) is 16.1. The second kappa shape index (κ2) is 9.16. The van der Waals surface area contributed by atoms with E-state index >= 15 is 0 Å². The molecular formula is C20H25N5O3. The fourth-order valence-corrected chi connectivity index (χ4v) is 3.08. The van der Waals surface area contributed by atoms with Crippen molar-refractivity contribution in [3.05, 3.63) is 47.8 Å². The van der Waals surface area contributed by atoms with Crippen LogP contribution in [0.25, 0.3) is 0 Å². The van der Waals surface area contributed by atoms with Crippen molar-refractivity contribution in [2.45, 2.75) is 32.7 Å². The number of likely N-dealkylation sites (tertiary alicyclic amines) is 1. The molecular weight excluding hydrogens is 358 g/mol. The number of rotatable bonds is 5. The van der Waals surface area contributed by atoms with Gasteiger partial charge < -0.3 is 20.3 Å². The van der Waals surface area contributed by atoms with Crippen molar-refractivity contribution in [1.82, 2.24) is 20.2 Å². The van der Waals surface area contributed by atoms with E-state index in [9.17, 15) is 9.59 Å². The Morgan fingerprint density at radius 2 is 2.04 bits per heavy atom. The van der Waals surface area contributed by atoms with E-state index in [1.807, 2.05) is 31.2 Å². The largest absolute Gasteiger partial charge is 0.450 e. The number of nitrogens with zero attached hydrogens (tertiary/aromatic N) is 3. The van der Waals surface area contributed by atoms with Gasteiger partial charge in [0.15, 0.2) is 0 Å². The molecule has 0 atom stereocenters. The third kappa shape index (κ3) is 5.18. The number of aryl methyl sites for hydroxylation is 1. The van der Waals surface area contributed by atoms with Crippen molar-refractivity contribution in [3.63, 3.8) is 0 Å². The van der Waals surface area contributed by atoms with Crippen LogP contribution in [0, 0.1) is 6.92 Å². The molecule has 0 radical (unpaired) electrons. The predicted octanol–water partition coefficient (Wildman–Crippen LogP) is 2.88. The molecule has 2 heterocycles. The maximum absolute atomic E-state index is 12.6. The summed E-state index contributed by atoms with van der Waals surface area (Å²) in [5.41, 5.74) is 2.29. The van der Waals surface area contributed by atoms with Crippen molar-refractivity contribution < 1.29 is 14.3 Å². The van der Waals surface area contributed by atoms with Gasteiger partial charge in [0, 0.05) is 31.0 Å². The number of benzene rings is 1. The van der Waals surface area contributed by atoms with Gasteiger partial charge in [-0.15, -0.1) is 0 Å². The Morgan fingerprint density at radius 3 is 2.75 bits per heavy atom. The molecule has 3 rings (SSSR count). The van der Waals surface area contributed by atoms with Gasteiger partial charge in [-0.2, -0.15) is 0 Å². The SMILES string of the molecule is CCOC(=O)N1CCC(NC(=O)c2ccnc(Nc3cccc(C)c3)n2)CC1. The van der Waals surface area contributed by atoms with Gasteiger partial charge in [-0.3, -0.25) is 4.79 Å². The zero-order valence-corrected chi connectivity index (χ0v) is 16.1. The maximum Gasteiger partial charge on any atom is 0.409 e. The molecule has 1 aromatic heterocycles. The lowest BCUT2D eigenvalue weighted by Crippen LogP contribution is -2.46. The molecule has 8 nitrogen and oxygen atoms in total. The molecule has 1 fully saturated rings. The number of amides is 2. The predicted molar refractivity (Wildman–Crippen MR) is 106 cm³/mol. The molecule has 0 spiro atoms. The Balaban J connectivity index is 1.56. The number of hydrogen-bond donors (Lipinski definition) is 2. The summed E-state index contributed by atoms with van der Waals surface area (Å²) in [5.74, 6) is 0.125. The van der Waals surface area contributed by atoms with Crippen LogP contribution < -0.4 is 10.6 Å². The third-order valence-corrected chi connectivity index (χ3v) is 4.52. The Labute approximate surface area is 164 Å². The minimum absolute atomic E-state index is 0.00123. The van der Waals surface area contributed by atoms with Gasteiger partial charge >= 0.3 is 6.09 Å². The molecule has 148 valence electrons. The molecule has 1 aromatic carbocycles. The first-order valence-electron chi connectivity index (χ1n) is 9.44. The number of anilines is 2. The number of carbonyl (C=O) groups is 2. The monoisotopic (exact) mass is 383 g/mol. The molecule has 2 amide bonds. The maximum atomic E-state index is 12.6. The van der Waals surface area contributed by atoms with Crippen molar-refractivity contribution in [1.29, 1.82) is 0 Å². The van der Waals surface area contributed by atoms with E-state index in [2.05, 4.69) is 20.6 Å². The minimum atomic E-state index is -0.296. The molecule has 2 aromatic rings. The summed E-state index contributed by atoms with van der Waals surface area (Å²) in [4.78, 5) is 34.5. The molecule has 1 aliphatic rings. The number of carbonyl (C=O) groups excluding carboxylic acids is 2. The summed E-state index contributed by atoms with van der Waals surface area (Å²) < 4.78 is 5.01. The normalized spacial score (nSPS) is 14.4. The summed E-state index contributed by atoms with van der Waals surface area (Å²) in [6.07, 6.45) is 2.63. The first-order valence-corrected chi connectivity index (χ1v) is 9.44. The molecule has 28 heavy (non-hydrogen) atoms. The summed E-state index contributed by atoms with van der Waals surface area (Å²) in [6.45, 7) is 5.28. The van der Waals surface area contributed by atoms with Crippen molar-refractivity contribution in [2.24, 2.45) is 0 Å². The second-order valence-corrected chi connectivity index (χ2v) is 6.69. The number of aromatic nitrogens is 2. The molecule has 0 saturated carbocycles. The summed E-state index contributed by atoms with van der Waals surface area (Å²) >= 11 is 0. The van der Waals surface area contributed by atoms with Crippen LogP contribution in [0.3, 0.4) is 0 Å². The fraction of sp³-hybridized carbons (Fsp3) is 0.400. The van der Waals surface area contributed by atoms with Gasteiger partial charge in [0.05, 0.1) is 6.61 Å². The lowest BCUT2D eigenvalue weighted by molar-refractivity contribution is 0.0856. The second-order valence-electron chi connectivity index (χ2n) is 6.69. The highest BCUT2D eigenvalue weighted by molar-refractivity contribution is 5.92. The van der Waals surface area contributed by atoms with Gasteiger partial charge in [0.25, 0.3) is 5.91 Å². The highest BCUT2D eigenvalue weighted by Crippen LogP contribution is 2.15. The third-order valence-electron chi connectivity index (χ3n) is 4.52.